The van der Waals surface area contributed by atoms with E-state index in [0.717, 1.165) is 45.9 Å². The highest BCUT2D eigenvalue weighted by atomic mass is 35.5. The maximum atomic E-state index is 13.5. The molecule has 1 saturated carbocycles. The SMILES string of the molecule is CCOc1ccc(-c2c(C(=O)O)n(Cc3ccc(F)cc3)c3ccc(NCC4CC4)cc23)cc1.Cl. The number of carboxylic acids is 1. The van der Waals surface area contributed by atoms with Gasteiger partial charge in [0.2, 0.25) is 0 Å². The third kappa shape index (κ3) is 5.28. The van der Waals surface area contributed by atoms with Gasteiger partial charge < -0.3 is 19.7 Å². The second-order valence-electron chi connectivity index (χ2n) is 8.75. The van der Waals surface area contributed by atoms with E-state index in [9.17, 15) is 14.3 Å². The molecular weight excluding hydrogens is 467 g/mol. The number of nitrogens with one attached hydrogen (secondary N) is 1. The molecular formula is C28H28ClFN2O3. The fraction of sp³-hybridized carbons (Fsp3) is 0.250. The van der Waals surface area contributed by atoms with Gasteiger partial charge in [-0.3, -0.25) is 0 Å². The number of aromatic carboxylic acids is 1. The lowest BCUT2D eigenvalue weighted by molar-refractivity contribution is 0.0687. The second-order valence-corrected chi connectivity index (χ2v) is 8.75. The number of carboxylic acid groups (broad SMARTS) is 1. The molecule has 35 heavy (non-hydrogen) atoms. The van der Waals surface area contributed by atoms with E-state index in [1.807, 2.05) is 49.4 Å². The van der Waals surface area contributed by atoms with Crippen LogP contribution in [-0.4, -0.2) is 28.8 Å². The zero-order valence-corrected chi connectivity index (χ0v) is 20.3. The first-order chi connectivity index (χ1) is 16.5. The summed E-state index contributed by atoms with van der Waals surface area (Å²) in [6.45, 7) is 3.73. The van der Waals surface area contributed by atoms with Gasteiger partial charge in [-0.15, -0.1) is 12.4 Å². The number of hydrogen-bond acceptors (Lipinski definition) is 3. The minimum absolute atomic E-state index is 0. The van der Waals surface area contributed by atoms with Crippen LogP contribution in [0.1, 0.15) is 35.8 Å². The maximum absolute atomic E-state index is 13.5. The normalized spacial score (nSPS) is 12.9. The Bertz CT molecular complexity index is 1330. The van der Waals surface area contributed by atoms with Gasteiger partial charge in [-0.2, -0.15) is 0 Å². The van der Waals surface area contributed by atoms with E-state index in [4.69, 9.17) is 4.74 Å². The molecule has 5 nitrogen and oxygen atoms in total. The highest BCUT2D eigenvalue weighted by Crippen LogP contribution is 2.38. The Morgan fingerprint density at radius 3 is 2.43 bits per heavy atom. The molecule has 3 aromatic carbocycles. The van der Waals surface area contributed by atoms with Gasteiger partial charge in [0.15, 0.2) is 0 Å². The molecule has 0 aliphatic heterocycles. The molecule has 2 N–H and O–H groups in total. The van der Waals surface area contributed by atoms with Crippen LogP contribution in [0.15, 0.2) is 66.7 Å². The Labute approximate surface area is 209 Å². The van der Waals surface area contributed by atoms with Crippen LogP contribution in [0.25, 0.3) is 22.0 Å². The molecule has 1 fully saturated rings. The molecule has 1 heterocycles. The minimum atomic E-state index is -1.00. The van der Waals surface area contributed by atoms with Crippen LogP contribution in [0, 0.1) is 11.7 Å². The number of rotatable bonds is 9. The Balaban J connectivity index is 0.00000289. The first-order valence-electron chi connectivity index (χ1n) is 11.6. The highest BCUT2D eigenvalue weighted by molar-refractivity contribution is 6.09. The molecule has 1 aromatic heterocycles. The second kappa shape index (κ2) is 10.4. The van der Waals surface area contributed by atoms with Gasteiger partial charge in [-0.1, -0.05) is 24.3 Å². The van der Waals surface area contributed by atoms with Crippen LogP contribution in [-0.2, 0) is 6.54 Å². The first kappa shape index (κ1) is 24.6. The van der Waals surface area contributed by atoms with Crippen molar-refractivity contribution in [3.63, 3.8) is 0 Å². The summed E-state index contributed by atoms with van der Waals surface area (Å²) in [5.41, 5.74) is 4.31. The first-order valence-corrected chi connectivity index (χ1v) is 11.6. The average Bonchev–Trinajstić information content (AvgIpc) is 3.61. The Kier molecular flexibility index (Phi) is 7.31. The van der Waals surface area contributed by atoms with E-state index >= 15 is 0 Å². The lowest BCUT2D eigenvalue weighted by Gasteiger charge is -2.10. The maximum Gasteiger partial charge on any atom is 0.353 e. The fourth-order valence-corrected chi connectivity index (χ4v) is 4.38. The van der Waals surface area contributed by atoms with Crippen molar-refractivity contribution in [3.05, 3.63) is 83.8 Å². The van der Waals surface area contributed by atoms with Crippen molar-refractivity contribution in [1.82, 2.24) is 4.57 Å². The fourth-order valence-electron chi connectivity index (χ4n) is 4.38. The molecule has 1 aliphatic carbocycles. The largest absolute Gasteiger partial charge is 0.494 e. The number of hydrogen-bond donors (Lipinski definition) is 2. The van der Waals surface area contributed by atoms with E-state index in [-0.39, 0.29) is 23.9 Å². The molecule has 0 radical (unpaired) electrons. The van der Waals surface area contributed by atoms with Crippen molar-refractivity contribution >= 4 is 35.0 Å². The number of nitrogens with zero attached hydrogens (tertiary/aromatic N) is 1. The monoisotopic (exact) mass is 494 g/mol. The van der Waals surface area contributed by atoms with Crippen molar-refractivity contribution in [1.29, 1.82) is 0 Å². The topological polar surface area (TPSA) is 63.5 Å². The number of fused-ring (bicyclic) bond motifs is 1. The van der Waals surface area contributed by atoms with E-state index in [1.165, 1.54) is 25.0 Å². The highest BCUT2D eigenvalue weighted by Gasteiger charge is 2.25. The van der Waals surface area contributed by atoms with Gasteiger partial charge in [-0.25, -0.2) is 9.18 Å². The zero-order valence-electron chi connectivity index (χ0n) is 19.5. The van der Waals surface area contributed by atoms with E-state index in [0.29, 0.717) is 18.7 Å². The van der Waals surface area contributed by atoms with Gasteiger partial charge in [0.1, 0.15) is 17.3 Å². The predicted octanol–water partition coefficient (Wildman–Crippen LogP) is 6.84. The molecule has 0 atom stereocenters. The molecule has 0 unspecified atom stereocenters. The molecule has 0 amide bonds. The van der Waals surface area contributed by atoms with Gasteiger partial charge in [0, 0.05) is 35.2 Å². The predicted molar refractivity (Wildman–Crippen MR) is 139 cm³/mol. The van der Waals surface area contributed by atoms with Crippen LogP contribution in [0.3, 0.4) is 0 Å². The summed E-state index contributed by atoms with van der Waals surface area (Å²) < 4.78 is 20.8. The Morgan fingerprint density at radius 2 is 1.80 bits per heavy atom. The zero-order chi connectivity index (χ0) is 23.7. The van der Waals surface area contributed by atoms with Gasteiger partial charge in [-0.05, 0) is 79.3 Å². The summed E-state index contributed by atoms with van der Waals surface area (Å²) in [6, 6.07) is 19.7. The third-order valence-electron chi connectivity index (χ3n) is 6.27. The third-order valence-corrected chi connectivity index (χ3v) is 6.27. The summed E-state index contributed by atoms with van der Waals surface area (Å²) >= 11 is 0. The van der Waals surface area contributed by atoms with Crippen LogP contribution >= 0.6 is 12.4 Å². The molecule has 5 rings (SSSR count). The van der Waals surface area contributed by atoms with Crippen molar-refractivity contribution < 1.29 is 19.0 Å². The standard InChI is InChI=1S/C28H27FN2O3.ClH/c1-2-34-23-12-7-20(8-13-23)26-24-15-22(30-16-18-3-4-18)11-14-25(24)31(27(26)28(32)33)17-19-5-9-21(29)10-6-19;/h5-15,18,30H,2-4,16-17H2,1H3,(H,32,33);1H. The van der Waals surface area contributed by atoms with Crippen molar-refractivity contribution in [2.24, 2.45) is 5.92 Å². The molecule has 0 saturated heterocycles. The summed E-state index contributed by atoms with van der Waals surface area (Å²) in [5.74, 6) is 0.139. The van der Waals surface area contributed by atoms with Crippen LogP contribution in [0.4, 0.5) is 10.1 Å². The van der Waals surface area contributed by atoms with E-state index in [1.54, 1.807) is 16.7 Å². The van der Waals surface area contributed by atoms with Gasteiger partial charge in [0.25, 0.3) is 0 Å². The molecule has 182 valence electrons. The number of benzene rings is 3. The lowest BCUT2D eigenvalue weighted by atomic mass is 10.0. The van der Waals surface area contributed by atoms with Crippen LogP contribution in [0.2, 0.25) is 0 Å². The number of halogens is 2. The van der Waals surface area contributed by atoms with Gasteiger partial charge in [0.05, 0.1) is 6.61 Å². The Hall–Kier alpha value is -3.51. The van der Waals surface area contributed by atoms with E-state index < -0.39 is 5.97 Å². The quantitative estimate of drug-likeness (QED) is 0.267. The molecule has 0 spiro atoms. The van der Waals surface area contributed by atoms with Crippen LogP contribution in [0.5, 0.6) is 5.75 Å². The van der Waals surface area contributed by atoms with Crippen LogP contribution < -0.4 is 10.1 Å². The van der Waals surface area contributed by atoms with Crippen molar-refractivity contribution in [3.8, 4) is 16.9 Å². The number of aromatic nitrogens is 1. The summed E-state index contributed by atoms with van der Waals surface area (Å²) in [5, 5.41) is 14.7. The van der Waals surface area contributed by atoms with Crippen molar-refractivity contribution in [2.75, 3.05) is 18.5 Å². The number of anilines is 1. The smallest absolute Gasteiger partial charge is 0.353 e. The summed E-state index contributed by atoms with van der Waals surface area (Å²) in [7, 11) is 0. The molecule has 1 aliphatic rings. The molecule has 4 aromatic rings. The summed E-state index contributed by atoms with van der Waals surface area (Å²) in [6.07, 6.45) is 2.51. The molecule has 0 bridgehead atoms. The number of ether oxygens (including phenoxy) is 1. The minimum Gasteiger partial charge on any atom is -0.494 e. The van der Waals surface area contributed by atoms with Gasteiger partial charge >= 0.3 is 5.97 Å². The summed E-state index contributed by atoms with van der Waals surface area (Å²) in [4.78, 5) is 12.6. The Morgan fingerprint density at radius 1 is 1.09 bits per heavy atom. The van der Waals surface area contributed by atoms with Crippen molar-refractivity contribution in [2.45, 2.75) is 26.3 Å². The lowest BCUT2D eigenvalue weighted by Crippen LogP contribution is -2.10. The molecule has 7 heteroatoms. The average molecular weight is 495 g/mol. The number of carbonyl (C=O) groups is 1. The van der Waals surface area contributed by atoms with E-state index in [2.05, 4.69) is 5.32 Å².